The zero-order valence-electron chi connectivity index (χ0n) is 10.5. The minimum Gasteiger partial charge on any atom is -0.339 e. The molecule has 1 aliphatic heterocycles. The summed E-state index contributed by atoms with van der Waals surface area (Å²) in [5, 5.41) is 0. The summed E-state index contributed by atoms with van der Waals surface area (Å²) in [6.07, 6.45) is 6.34. The SMILES string of the molecule is C=CC(=O)N1CCCC(CCC)C1.CC. The summed E-state index contributed by atoms with van der Waals surface area (Å²) in [7, 11) is 0. The van der Waals surface area contributed by atoms with Gasteiger partial charge in [-0.2, -0.15) is 0 Å². The highest BCUT2D eigenvalue weighted by molar-refractivity contribution is 5.87. The van der Waals surface area contributed by atoms with E-state index in [1.54, 1.807) is 0 Å². The number of piperidine rings is 1. The van der Waals surface area contributed by atoms with Crippen molar-refractivity contribution in [2.75, 3.05) is 13.1 Å². The normalized spacial score (nSPS) is 20.2. The quantitative estimate of drug-likeness (QED) is 0.656. The molecule has 0 aromatic carbocycles. The van der Waals surface area contributed by atoms with Gasteiger partial charge in [-0.05, 0) is 31.3 Å². The number of rotatable bonds is 3. The Kier molecular flexibility index (Phi) is 8.06. The highest BCUT2D eigenvalue weighted by Gasteiger charge is 2.20. The van der Waals surface area contributed by atoms with Crippen LogP contribution in [-0.4, -0.2) is 23.9 Å². The van der Waals surface area contributed by atoms with Gasteiger partial charge in [0.25, 0.3) is 0 Å². The van der Waals surface area contributed by atoms with E-state index in [9.17, 15) is 4.79 Å². The maximum atomic E-state index is 11.3. The lowest BCUT2D eigenvalue weighted by Gasteiger charge is -2.31. The molecule has 0 aliphatic carbocycles. The second kappa shape index (κ2) is 8.51. The van der Waals surface area contributed by atoms with Crippen LogP contribution in [0.3, 0.4) is 0 Å². The Morgan fingerprint density at radius 1 is 1.53 bits per heavy atom. The topological polar surface area (TPSA) is 20.3 Å². The summed E-state index contributed by atoms with van der Waals surface area (Å²) in [6.45, 7) is 11.6. The molecule has 1 atom stereocenters. The van der Waals surface area contributed by atoms with Crippen molar-refractivity contribution in [3.8, 4) is 0 Å². The van der Waals surface area contributed by atoms with E-state index in [1.807, 2.05) is 18.7 Å². The van der Waals surface area contributed by atoms with Crippen LogP contribution in [0.15, 0.2) is 12.7 Å². The van der Waals surface area contributed by atoms with Gasteiger partial charge >= 0.3 is 0 Å². The van der Waals surface area contributed by atoms with Crippen molar-refractivity contribution in [2.24, 2.45) is 5.92 Å². The molecule has 1 rings (SSSR count). The first-order valence-electron chi connectivity index (χ1n) is 6.19. The molecule has 15 heavy (non-hydrogen) atoms. The second-order valence-corrected chi connectivity index (χ2v) is 3.79. The Labute approximate surface area is 94.4 Å². The van der Waals surface area contributed by atoms with Gasteiger partial charge < -0.3 is 4.90 Å². The predicted octanol–water partition coefficient (Wildman–Crippen LogP) is 3.24. The monoisotopic (exact) mass is 211 g/mol. The van der Waals surface area contributed by atoms with Gasteiger partial charge in [-0.15, -0.1) is 0 Å². The Hall–Kier alpha value is -0.790. The number of hydrogen-bond acceptors (Lipinski definition) is 1. The fourth-order valence-corrected chi connectivity index (χ4v) is 2.04. The van der Waals surface area contributed by atoms with E-state index in [4.69, 9.17) is 0 Å². The lowest BCUT2D eigenvalue weighted by atomic mass is 9.94. The third kappa shape index (κ3) is 5.01. The van der Waals surface area contributed by atoms with Crippen LogP contribution < -0.4 is 0 Å². The summed E-state index contributed by atoms with van der Waals surface area (Å²) in [4.78, 5) is 13.3. The fourth-order valence-electron chi connectivity index (χ4n) is 2.04. The summed E-state index contributed by atoms with van der Waals surface area (Å²) < 4.78 is 0. The van der Waals surface area contributed by atoms with Crippen LogP contribution in [-0.2, 0) is 4.79 Å². The summed E-state index contributed by atoms with van der Waals surface area (Å²) in [5.41, 5.74) is 0. The van der Waals surface area contributed by atoms with Gasteiger partial charge in [0.15, 0.2) is 0 Å². The molecule has 1 aliphatic rings. The number of carbonyl (C=O) groups excluding carboxylic acids is 1. The van der Waals surface area contributed by atoms with Crippen LogP contribution in [0.5, 0.6) is 0 Å². The molecular formula is C13H25NO. The molecule has 1 heterocycles. The van der Waals surface area contributed by atoms with E-state index in [-0.39, 0.29) is 5.91 Å². The summed E-state index contributed by atoms with van der Waals surface area (Å²) in [6, 6.07) is 0. The zero-order valence-corrected chi connectivity index (χ0v) is 10.5. The van der Waals surface area contributed by atoms with E-state index >= 15 is 0 Å². The number of nitrogens with zero attached hydrogens (tertiary/aromatic N) is 1. The van der Waals surface area contributed by atoms with Gasteiger partial charge in [0.05, 0.1) is 0 Å². The van der Waals surface area contributed by atoms with E-state index in [1.165, 1.54) is 25.3 Å². The largest absolute Gasteiger partial charge is 0.339 e. The van der Waals surface area contributed by atoms with Crippen molar-refractivity contribution in [3.05, 3.63) is 12.7 Å². The van der Waals surface area contributed by atoms with Gasteiger partial charge in [-0.25, -0.2) is 0 Å². The number of carbonyl (C=O) groups is 1. The van der Waals surface area contributed by atoms with Crippen molar-refractivity contribution in [3.63, 3.8) is 0 Å². The fraction of sp³-hybridized carbons (Fsp3) is 0.769. The maximum absolute atomic E-state index is 11.3. The Balaban J connectivity index is 0.000000921. The standard InChI is InChI=1S/C11H19NO.C2H6/c1-3-6-10-7-5-8-12(9-10)11(13)4-2;1-2/h4,10H,2-3,5-9H2,1H3;1-2H3. The first kappa shape index (κ1) is 14.2. The number of hydrogen-bond donors (Lipinski definition) is 0. The molecule has 2 heteroatoms. The first-order valence-corrected chi connectivity index (χ1v) is 6.19. The van der Waals surface area contributed by atoms with Crippen molar-refractivity contribution >= 4 is 5.91 Å². The zero-order chi connectivity index (χ0) is 11.7. The average molecular weight is 211 g/mol. The van der Waals surface area contributed by atoms with Crippen LogP contribution in [0.1, 0.15) is 46.5 Å². The summed E-state index contributed by atoms with van der Waals surface area (Å²) in [5.74, 6) is 0.823. The minimum absolute atomic E-state index is 0.0980. The van der Waals surface area contributed by atoms with Crippen LogP contribution in [0, 0.1) is 5.92 Å². The molecule has 1 fully saturated rings. The van der Waals surface area contributed by atoms with Crippen LogP contribution >= 0.6 is 0 Å². The number of amides is 1. The molecule has 2 nitrogen and oxygen atoms in total. The molecule has 0 radical (unpaired) electrons. The van der Waals surface area contributed by atoms with Gasteiger partial charge in [-0.1, -0.05) is 33.8 Å². The molecule has 0 aromatic heterocycles. The van der Waals surface area contributed by atoms with Crippen molar-refractivity contribution in [2.45, 2.75) is 46.5 Å². The van der Waals surface area contributed by atoms with E-state index in [2.05, 4.69) is 13.5 Å². The third-order valence-corrected chi connectivity index (χ3v) is 2.70. The molecular weight excluding hydrogens is 186 g/mol. The molecule has 0 N–H and O–H groups in total. The van der Waals surface area contributed by atoms with Gasteiger partial charge in [0, 0.05) is 13.1 Å². The van der Waals surface area contributed by atoms with Crippen LogP contribution in [0.4, 0.5) is 0 Å². The van der Waals surface area contributed by atoms with E-state index < -0.39 is 0 Å². The van der Waals surface area contributed by atoms with Crippen molar-refractivity contribution in [1.29, 1.82) is 0 Å². The Bertz CT molecular complexity index is 187. The molecule has 0 spiro atoms. The smallest absolute Gasteiger partial charge is 0.245 e. The van der Waals surface area contributed by atoms with Gasteiger partial charge in [0.2, 0.25) is 5.91 Å². The van der Waals surface area contributed by atoms with Gasteiger partial charge in [-0.3, -0.25) is 4.79 Å². The average Bonchev–Trinajstić information content (AvgIpc) is 2.31. The van der Waals surface area contributed by atoms with Crippen LogP contribution in [0.2, 0.25) is 0 Å². The molecule has 1 saturated heterocycles. The molecule has 1 amide bonds. The van der Waals surface area contributed by atoms with Crippen LogP contribution in [0.25, 0.3) is 0 Å². The highest BCUT2D eigenvalue weighted by atomic mass is 16.2. The Morgan fingerprint density at radius 2 is 2.20 bits per heavy atom. The van der Waals surface area contributed by atoms with Gasteiger partial charge in [0.1, 0.15) is 0 Å². The second-order valence-electron chi connectivity index (χ2n) is 3.79. The first-order chi connectivity index (χ1) is 7.27. The maximum Gasteiger partial charge on any atom is 0.245 e. The highest BCUT2D eigenvalue weighted by Crippen LogP contribution is 2.20. The predicted molar refractivity (Wildman–Crippen MR) is 65.8 cm³/mol. The third-order valence-electron chi connectivity index (χ3n) is 2.70. The van der Waals surface area contributed by atoms with E-state index in [0.29, 0.717) is 0 Å². The molecule has 0 saturated carbocycles. The van der Waals surface area contributed by atoms with Crippen molar-refractivity contribution < 1.29 is 4.79 Å². The lowest BCUT2D eigenvalue weighted by Crippen LogP contribution is -2.38. The molecule has 0 aromatic rings. The Morgan fingerprint density at radius 3 is 2.73 bits per heavy atom. The molecule has 1 unspecified atom stereocenters. The number of likely N-dealkylation sites (tertiary alicyclic amines) is 1. The molecule has 0 bridgehead atoms. The molecule has 88 valence electrons. The van der Waals surface area contributed by atoms with E-state index in [0.717, 1.165) is 25.4 Å². The summed E-state index contributed by atoms with van der Waals surface area (Å²) >= 11 is 0. The minimum atomic E-state index is 0.0980. The van der Waals surface area contributed by atoms with Crippen molar-refractivity contribution in [1.82, 2.24) is 4.90 Å². The lowest BCUT2D eigenvalue weighted by molar-refractivity contribution is -0.127.